The smallest absolute Gasteiger partial charge is 0.0543 e. The molecule has 0 aliphatic carbocycles. The zero-order valence-corrected chi connectivity index (χ0v) is 51.3. The number of rotatable bonds is 8. The van der Waals surface area contributed by atoms with Gasteiger partial charge in [-0.3, -0.25) is 0 Å². The van der Waals surface area contributed by atoms with Crippen molar-refractivity contribution >= 4 is 131 Å². The molecule has 0 N–H and O–H groups in total. The highest BCUT2D eigenvalue weighted by atomic mass is 15.0. The number of benzene rings is 14. The molecule has 93 heavy (non-hydrogen) atoms. The molecule has 20 rings (SSSR count). The minimum atomic E-state index is 0.756. The predicted molar refractivity (Wildman–Crippen MR) is 391 cm³/mol. The van der Waals surface area contributed by atoms with Crippen LogP contribution >= 0.6 is 0 Å². The molecule has 0 unspecified atom stereocenters. The van der Waals surface area contributed by atoms with Gasteiger partial charge in [0.25, 0.3) is 0 Å². The second-order valence-corrected chi connectivity index (χ2v) is 25.4. The van der Waals surface area contributed by atoms with E-state index in [1.807, 2.05) is 0 Å². The Bertz CT molecular complexity index is 6210. The van der Waals surface area contributed by atoms with Gasteiger partial charge in [-0.2, -0.15) is 0 Å². The molecule has 0 saturated carbocycles. The van der Waals surface area contributed by atoms with Crippen molar-refractivity contribution in [2.75, 3.05) is 0 Å². The van der Waals surface area contributed by atoms with Crippen LogP contribution in [0.4, 0.5) is 0 Å². The first-order valence-corrected chi connectivity index (χ1v) is 32.3. The van der Waals surface area contributed by atoms with Gasteiger partial charge in [-0.25, -0.2) is 0 Å². The van der Waals surface area contributed by atoms with Gasteiger partial charge in [0.2, 0.25) is 0 Å². The van der Waals surface area contributed by atoms with Crippen molar-refractivity contribution < 1.29 is 0 Å². The van der Waals surface area contributed by atoms with Gasteiger partial charge in [0.1, 0.15) is 0 Å². The molecule has 436 valence electrons. The second-order valence-electron chi connectivity index (χ2n) is 25.4. The fourth-order valence-electron chi connectivity index (χ4n) is 16.3. The molecule has 6 heteroatoms. The lowest BCUT2D eigenvalue weighted by atomic mass is 10.0. The van der Waals surface area contributed by atoms with Gasteiger partial charge in [-0.15, -0.1) is 0 Å². The van der Waals surface area contributed by atoms with Gasteiger partial charge < -0.3 is 27.4 Å². The first-order chi connectivity index (χ1) is 46.0. The molecule has 0 atom stereocenters. The van der Waals surface area contributed by atoms with Crippen molar-refractivity contribution in [3.05, 3.63) is 326 Å². The van der Waals surface area contributed by atoms with E-state index < -0.39 is 0 Å². The van der Waals surface area contributed by atoms with Crippen molar-refractivity contribution in [3.63, 3.8) is 0 Å². The van der Waals surface area contributed by atoms with Crippen LogP contribution in [-0.2, 0) is 6.42 Å². The summed E-state index contributed by atoms with van der Waals surface area (Å²) in [5.41, 5.74) is 26.1. The number of hydrogen-bond acceptors (Lipinski definition) is 0. The van der Waals surface area contributed by atoms with Gasteiger partial charge in [0, 0.05) is 93.1 Å². The van der Waals surface area contributed by atoms with Crippen LogP contribution < -0.4 is 0 Å². The normalized spacial score (nSPS) is 12.2. The van der Waals surface area contributed by atoms with Crippen LogP contribution in [-0.4, -0.2) is 27.4 Å². The molecule has 0 bridgehead atoms. The van der Waals surface area contributed by atoms with Crippen molar-refractivity contribution in [2.24, 2.45) is 0 Å². The Labute approximate surface area is 535 Å². The quantitative estimate of drug-likeness (QED) is 0.145. The highest BCUT2D eigenvalue weighted by Crippen LogP contribution is 2.44. The second kappa shape index (κ2) is 19.7. The molecular formula is C87H58N6. The van der Waals surface area contributed by atoms with Crippen LogP contribution in [0, 0.1) is 13.8 Å². The molecule has 0 radical (unpaired) electrons. The molecule has 6 heterocycles. The minimum absolute atomic E-state index is 0.756. The number of para-hydroxylation sites is 8. The highest BCUT2D eigenvalue weighted by Gasteiger charge is 2.23. The maximum atomic E-state index is 2.50. The van der Waals surface area contributed by atoms with E-state index in [0.29, 0.717) is 0 Å². The standard InChI is InChI=1S/C87H58N6/c1-54-19-17-20-55(2)87(54)93-84-45-40-61(91-79-34-14-7-27-67(79)68-28-8-15-35-80(68)91)52-73(84)74-53-62(41-46-85(74)93)92-81-36-16-9-29-69(81)70-42-37-57(49-86(70)92)47-56-21-18-22-58(48-56)88-82-43-38-59(89-75-30-10-3-23-63(75)64-24-4-11-31-76(64)89)50-71(82)72-51-60(39-44-83(72)88)90-77-32-12-5-25-65(77)66-26-6-13-33-78(66)90/h3-46,48-53H,47H2,1-2H3. The van der Waals surface area contributed by atoms with E-state index in [1.165, 1.54) is 148 Å². The SMILES string of the molecule is Cc1cccc(C)c1-n1c2ccc(-n3c4ccccc4c4ccccc43)cc2c2cc(-n3c4ccccc4c4ccc(Cc5cccc(-n6c7ccc(-n8c9ccccc9c9ccccc98)cc7c7cc(-n8c9ccccc9c9ccccc98)ccc76)c5)cc43)ccc21. The van der Waals surface area contributed by atoms with Crippen LogP contribution in [0.3, 0.4) is 0 Å². The van der Waals surface area contributed by atoms with Gasteiger partial charge in [-0.1, -0.05) is 170 Å². The van der Waals surface area contributed by atoms with Crippen LogP contribution in [0.1, 0.15) is 22.3 Å². The summed E-state index contributed by atoms with van der Waals surface area (Å²) < 4.78 is 14.8. The predicted octanol–water partition coefficient (Wildman–Crippen LogP) is 22.5. The summed E-state index contributed by atoms with van der Waals surface area (Å²) in [6.07, 6.45) is 0.756. The molecular weight excluding hydrogens is 1130 g/mol. The van der Waals surface area contributed by atoms with E-state index in [2.05, 4.69) is 345 Å². The Morgan fingerprint density at radius 2 is 0.452 bits per heavy atom. The Morgan fingerprint density at radius 3 is 0.806 bits per heavy atom. The van der Waals surface area contributed by atoms with Crippen LogP contribution in [0.15, 0.2) is 303 Å². The zero-order valence-electron chi connectivity index (χ0n) is 51.3. The van der Waals surface area contributed by atoms with E-state index in [-0.39, 0.29) is 0 Å². The third-order valence-corrected chi connectivity index (χ3v) is 20.2. The van der Waals surface area contributed by atoms with Crippen LogP contribution in [0.25, 0.3) is 165 Å². The van der Waals surface area contributed by atoms with Crippen LogP contribution in [0.5, 0.6) is 0 Å². The summed E-state index contributed by atoms with van der Waals surface area (Å²) in [6.45, 7) is 4.48. The molecule has 6 aromatic heterocycles. The summed E-state index contributed by atoms with van der Waals surface area (Å²) in [4.78, 5) is 0. The summed E-state index contributed by atoms with van der Waals surface area (Å²) in [7, 11) is 0. The fourth-order valence-corrected chi connectivity index (χ4v) is 16.3. The summed E-state index contributed by atoms with van der Waals surface area (Å²) in [6, 6.07) is 113. The van der Waals surface area contributed by atoms with E-state index in [1.54, 1.807) is 0 Å². The summed E-state index contributed by atoms with van der Waals surface area (Å²) in [5, 5.41) is 14.8. The van der Waals surface area contributed by atoms with Crippen LogP contribution in [0.2, 0.25) is 0 Å². The number of aryl methyl sites for hydroxylation is 2. The third-order valence-electron chi connectivity index (χ3n) is 20.2. The average Bonchev–Trinajstić information content (AvgIpc) is 1.58. The Balaban J connectivity index is 0.740. The van der Waals surface area contributed by atoms with Crippen molar-refractivity contribution in [3.8, 4) is 34.1 Å². The number of hydrogen-bond donors (Lipinski definition) is 0. The lowest BCUT2D eigenvalue weighted by Crippen LogP contribution is -2.00. The van der Waals surface area contributed by atoms with Crippen molar-refractivity contribution in [1.82, 2.24) is 27.4 Å². The molecule has 20 aromatic rings. The number of aromatic nitrogens is 6. The molecule has 0 spiro atoms. The van der Waals surface area contributed by atoms with Crippen molar-refractivity contribution in [2.45, 2.75) is 20.3 Å². The van der Waals surface area contributed by atoms with E-state index >= 15 is 0 Å². The lowest BCUT2D eigenvalue weighted by Gasteiger charge is -2.15. The monoisotopic (exact) mass is 1190 g/mol. The number of fused-ring (bicyclic) bond motifs is 18. The van der Waals surface area contributed by atoms with E-state index in [0.717, 1.165) is 45.9 Å². The fraction of sp³-hybridized carbons (Fsp3) is 0.0345. The topological polar surface area (TPSA) is 29.6 Å². The maximum absolute atomic E-state index is 2.50. The zero-order chi connectivity index (χ0) is 61.2. The van der Waals surface area contributed by atoms with Gasteiger partial charge in [0.15, 0.2) is 0 Å². The maximum Gasteiger partial charge on any atom is 0.0543 e. The first-order valence-electron chi connectivity index (χ1n) is 32.3. The average molecular weight is 1190 g/mol. The summed E-state index contributed by atoms with van der Waals surface area (Å²) >= 11 is 0. The first kappa shape index (κ1) is 51.7. The Kier molecular flexibility index (Phi) is 11.0. The molecule has 14 aromatic carbocycles. The van der Waals surface area contributed by atoms with Gasteiger partial charge >= 0.3 is 0 Å². The number of nitrogens with zero attached hydrogens (tertiary/aromatic N) is 6. The molecule has 0 amide bonds. The van der Waals surface area contributed by atoms with E-state index in [9.17, 15) is 0 Å². The highest BCUT2D eigenvalue weighted by molar-refractivity contribution is 6.17. The Hall–Kier alpha value is -12.1. The largest absolute Gasteiger partial charge is 0.309 e. The molecule has 6 nitrogen and oxygen atoms in total. The van der Waals surface area contributed by atoms with Crippen molar-refractivity contribution in [1.29, 1.82) is 0 Å². The van der Waals surface area contributed by atoms with E-state index in [4.69, 9.17) is 0 Å². The molecule has 0 saturated heterocycles. The van der Waals surface area contributed by atoms with Gasteiger partial charge in [0.05, 0.1) is 71.9 Å². The Morgan fingerprint density at radius 1 is 0.183 bits per heavy atom. The summed E-state index contributed by atoms with van der Waals surface area (Å²) in [5.74, 6) is 0. The molecule has 0 fully saturated rings. The third kappa shape index (κ3) is 7.52. The minimum Gasteiger partial charge on any atom is -0.309 e. The molecule has 0 aliphatic heterocycles. The van der Waals surface area contributed by atoms with Gasteiger partial charge in [-0.05, 0) is 176 Å². The molecule has 0 aliphatic rings. The lowest BCUT2D eigenvalue weighted by molar-refractivity contribution is 1.11.